The van der Waals surface area contributed by atoms with Crippen molar-refractivity contribution in [2.24, 2.45) is 0 Å². The molecule has 8 aromatic rings. The van der Waals surface area contributed by atoms with Crippen LogP contribution in [0.1, 0.15) is 25.0 Å². The number of benzene rings is 8. The lowest BCUT2D eigenvalue weighted by Gasteiger charge is -2.11. The van der Waals surface area contributed by atoms with E-state index in [0.717, 1.165) is 66.8 Å². The Morgan fingerprint density at radius 3 is 0.796 bits per heavy atom. The van der Waals surface area contributed by atoms with Gasteiger partial charge in [-0.1, -0.05) is 166 Å². The van der Waals surface area contributed by atoms with Crippen LogP contribution in [0.5, 0.6) is 0 Å². The summed E-state index contributed by atoms with van der Waals surface area (Å²) in [6.45, 7) is 4.00. The maximum Gasteiger partial charge on any atom is 0.0992 e. The fourth-order valence-electron chi connectivity index (χ4n) is 6.76. The van der Waals surface area contributed by atoms with E-state index in [0.29, 0.717) is 11.1 Å². The van der Waals surface area contributed by atoms with Gasteiger partial charge in [0, 0.05) is 0 Å². The van der Waals surface area contributed by atoms with Gasteiger partial charge in [-0.3, -0.25) is 0 Å². The van der Waals surface area contributed by atoms with Crippen LogP contribution in [0.15, 0.2) is 194 Å². The fraction of sp³-hybridized carbons (Fsp3) is 0.0385. The second kappa shape index (κ2) is 16.4. The lowest BCUT2D eigenvalue weighted by Crippen LogP contribution is -1.88. The SMILES string of the molecule is CC.N#Cc1cc(-c2ccc(-c3ccccc3)cc2)cc(-c2ccc(-c3cccc(-c4cc(C#N)cc(-c5ccc(-c6ccccc6)cc5)c4)c3)cc2)c1. The van der Waals surface area contributed by atoms with Gasteiger partial charge in [-0.25, -0.2) is 0 Å². The van der Waals surface area contributed by atoms with Gasteiger partial charge in [-0.2, -0.15) is 10.5 Å². The van der Waals surface area contributed by atoms with E-state index in [-0.39, 0.29) is 0 Å². The Balaban J connectivity index is 0.00000221. The van der Waals surface area contributed by atoms with Gasteiger partial charge < -0.3 is 0 Å². The molecule has 0 fully saturated rings. The van der Waals surface area contributed by atoms with Crippen LogP contribution in [-0.4, -0.2) is 0 Å². The van der Waals surface area contributed by atoms with Crippen molar-refractivity contribution in [2.75, 3.05) is 0 Å². The molecule has 0 spiro atoms. The van der Waals surface area contributed by atoms with Crippen molar-refractivity contribution < 1.29 is 0 Å². The third-order valence-electron chi connectivity index (χ3n) is 9.52. The number of hydrogen-bond acceptors (Lipinski definition) is 2. The van der Waals surface area contributed by atoms with Crippen LogP contribution in [-0.2, 0) is 0 Å². The minimum atomic E-state index is 0.625. The van der Waals surface area contributed by atoms with Crippen molar-refractivity contribution in [1.82, 2.24) is 0 Å². The van der Waals surface area contributed by atoms with Crippen molar-refractivity contribution in [3.05, 3.63) is 205 Å². The van der Waals surface area contributed by atoms with Gasteiger partial charge in [-0.15, -0.1) is 0 Å². The monoisotopic (exact) mass is 690 g/mol. The first-order valence-electron chi connectivity index (χ1n) is 18.3. The Morgan fingerprint density at radius 2 is 0.463 bits per heavy atom. The summed E-state index contributed by atoms with van der Waals surface area (Å²) >= 11 is 0. The largest absolute Gasteiger partial charge is 0.192 e. The molecule has 54 heavy (non-hydrogen) atoms. The summed E-state index contributed by atoms with van der Waals surface area (Å²) < 4.78 is 0. The molecule has 8 rings (SSSR count). The van der Waals surface area contributed by atoms with E-state index in [1.807, 2.05) is 74.5 Å². The maximum atomic E-state index is 9.93. The lowest BCUT2D eigenvalue weighted by molar-refractivity contribution is 1.47. The van der Waals surface area contributed by atoms with Crippen LogP contribution in [0.4, 0.5) is 0 Å². The molecule has 0 saturated heterocycles. The molecule has 0 N–H and O–H groups in total. The molecule has 0 aliphatic carbocycles. The van der Waals surface area contributed by atoms with Crippen molar-refractivity contribution >= 4 is 0 Å². The molecule has 0 unspecified atom stereocenters. The third-order valence-corrected chi connectivity index (χ3v) is 9.52. The van der Waals surface area contributed by atoms with E-state index < -0.39 is 0 Å². The summed E-state index contributed by atoms with van der Waals surface area (Å²) in [5.74, 6) is 0. The average Bonchev–Trinajstić information content (AvgIpc) is 3.27. The Bertz CT molecular complexity index is 2590. The highest BCUT2D eigenvalue weighted by Gasteiger charge is 2.10. The van der Waals surface area contributed by atoms with Crippen molar-refractivity contribution in [1.29, 1.82) is 10.5 Å². The lowest BCUT2D eigenvalue weighted by atomic mass is 9.92. The average molecular weight is 691 g/mol. The minimum Gasteiger partial charge on any atom is -0.192 e. The van der Waals surface area contributed by atoms with Gasteiger partial charge in [-0.05, 0) is 120 Å². The minimum absolute atomic E-state index is 0.625. The van der Waals surface area contributed by atoms with Gasteiger partial charge in [0.15, 0.2) is 0 Å². The first-order chi connectivity index (χ1) is 26.6. The topological polar surface area (TPSA) is 47.6 Å². The molecule has 0 amide bonds. The zero-order chi connectivity index (χ0) is 37.3. The quantitative estimate of drug-likeness (QED) is 0.167. The molecular weight excluding hydrogens is 653 g/mol. The van der Waals surface area contributed by atoms with Crippen molar-refractivity contribution in [3.63, 3.8) is 0 Å². The van der Waals surface area contributed by atoms with Gasteiger partial charge >= 0.3 is 0 Å². The van der Waals surface area contributed by atoms with Crippen LogP contribution in [0.3, 0.4) is 0 Å². The van der Waals surface area contributed by atoms with Crippen LogP contribution in [0.2, 0.25) is 0 Å². The Hall–Kier alpha value is -7.26. The normalized spacial score (nSPS) is 10.4. The van der Waals surface area contributed by atoms with Gasteiger partial charge in [0.25, 0.3) is 0 Å². The van der Waals surface area contributed by atoms with E-state index >= 15 is 0 Å². The zero-order valence-electron chi connectivity index (χ0n) is 30.4. The van der Waals surface area contributed by atoms with E-state index in [1.54, 1.807) is 0 Å². The number of hydrogen-bond donors (Lipinski definition) is 0. The number of nitrogens with zero attached hydrogens (tertiary/aromatic N) is 2. The number of rotatable bonds is 7. The Labute approximate surface area is 318 Å². The van der Waals surface area contributed by atoms with Gasteiger partial charge in [0.1, 0.15) is 0 Å². The van der Waals surface area contributed by atoms with Crippen LogP contribution in [0.25, 0.3) is 77.9 Å². The Kier molecular flexibility index (Phi) is 10.7. The third kappa shape index (κ3) is 7.80. The molecule has 2 nitrogen and oxygen atoms in total. The molecule has 8 aromatic carbocycles. The van der Waals surface area contributed by atoms with Crippen LogP contribution >= 0.6 is 0 Å². The molecule has 0 radical (unpaired) electrons. The summed E-state index contributed by atoms with van der Waals surface area (Å²) in [4.78, 5) is 0. The molecule has 0 heterocycles. The molecular formula is C52H38N2. The highest BCUT2D eigenvalue weighted by atomic mass is 14.2. The Morgan fingerprint density at radius 1 is 0.241 bits per heavy atom. The maximum absolute atomic E-state index is 9.93. The van der Waals surface area contributed by atoms with Gasteiger partial charge in [0.05, 0.1) is 23.3 Å². The molecule has 0 aliphatic rings. The molecule has 256 valence electrons. The first kappa shape index (κ1) is 35.2. The summed E-state index contributed by atoms with van der Waals surface area (Å²) in [5.41, 5.74) is 16.3. The second-order valence-electron chi connectivity index (χ2n) is 12.9. The zero-order valence-corrected chi connectivity index (χ0v) is 30.4. The van der Waals surface area contributed by atoms with E-state index in [2.05, 4.69) is 146 Å². The molecule has 0 atom stereocenters. The van der Waals surface area contributed by atoms with Crippen molar-refractivity contribution in [2.45, 2.75) is 13.8 Å². The number of nitriles is 2. The first-order valence-corrected chi connectivity index (χ1v) is 18.3. The predicted molar refractivity (Wildman–Crippen MR) is 225 cm³/mol. The van der Waals surface area contributed by atoms with Crippen LogP contribution < -0.4 is 0 Å². The van der Waals surface area contributed by atoms with E-state index in [4.69, 9.17) is 0 Å². The molecule has 0 aromatic heterocycles. The summed E-state index contributed by atoms with van der Waals surface area (Å²) in [6.07, 6.45) is 0. The highest BCUT2D eigenvalue weighted by Crippen LogP contribution is 2.34. The highest BCUT2D eigenvalue weighted by molar-refractivity contribution is 5.81. The van der Waals surface area contributed by atoms with E-state index in [9.17, 15) is 10.5 Å². The summed E-state index contributed by atoms with van der Waals surface area (Å²) in [5, 5.41) is 19.8. The summed E-state index contributed by atoms with van der Waals surface area (Å²) in [7, 11) is 0. The second-order valence-corrected chi connectivity index (χ2v) is 12.9. The summed E-state index contributed by atoms with van der Waals surface area (Å²) in [6, 6.07) is 71.5. The predicted octanol–water partition coefficient (Wildman–Crippen LogP) is 14.1. The fourth-order valence-corrected chi connectivity index (χ4v) is 6.76. The molecule has 2 heteroatoms. The van der Waals surface area contributed by atoms with Gasteiger partial charge in [0.2, 0.25) is 0 Å². The molecule has 0 aliphatic heterocycles. The molecule has 0 saturated carbocycles. The molecule has 0 bridgehead atoms. The van der Waals surface area contributed by atoms with Crippen LogP contribution in [0, 0.1) is 22.7 Å². The van der Waals surface area contributed by atoms with E-state index in [1.165, 1.54) is 11.1 Å². The van der Waals surface area contributed by atoms with Crippen molar-refractivity contribution in [3.8, 4) is 90.0 Å². The smallest absolute Gasteiger partial charge is 0.0992 e. The standard InChI is InChI=1S/C50H32N2.C2H6/c51-33-35-26-47(42-20-14-39(15-21-42)37-8-3-1-4-9-37)31-48(27-35)44-24-18-41(19-25-44)45-12-7-13-46(30-45)50-29-36(34-52)28-49(32-50)43-22-16-40(17-23-43)38-10-5-2-6-11-38;1-2/h1-32H;1-2H3.